The van der Waals surface area contributed by atoms with E-state index in [2.05, 4.69) is 15.0 Å². The number of esters is 2. The number of nitrogens with zero attached hydrogens (tertiary/aromatic N) is 3. The van der Waals surface area contributed by atoms with Crippen molar-refractivity contribution in [3.63, 3.8) is 0 Å². The van der Waals surface area contributed by atoms with E-state index in [0.717, 1.165) is 0 Å². The maximum Gasteiger partial charge on any atom is 0.362 e. The summed E-state index contributed by atoms with van der Waals surface area (Å²) in [6, 6.07) is 6.44. The molecule has 0 fully saturated rings. The molecule has 8 nitrogen and oxygen atoms in total. The first-order valence-electron chi connectivity index (χ1n) is 6.15. The molecule has 110 valence electrons. The third-order valence-corrected chi connectivity index (χ3v) is 2.69. The number of carbonyl (C=O) groups is 2. The fourth-order valence-electron chi connectivity index (χ4n) is 1.71. The highest BCUT2D eigenvalue weighted by molar-refractivity contribution is 5.92. The van der Waals surface area contributed by atoms with Crippen LogP contribution in [0.1, 0.15) is 27.8 Å². The van der Waals surface area contributed by atoms with Gasteiger partial charge in [0.25, 0.3) is 0 Å². The highest BCUT2D eigenvalue weighted by Gasteiger charge is 2.19. The Morgan fingerprint density at radius 3 is 2.76 bits per heavy atom. The van der Waals surface area contributed by atoms with Gasteiger partial charge in [0.15, 0.2) is 5.82 Å². The highest BCUT2D eigenvalue weighted by atomic mass is 16.5. The summed E-state index contributed by atoms with van der Waals surface area (Å²) in [5, 5.41) is 7.51. The lowest BCUT2D eigenvalue weighted by molar-refractivity contribution is 0.0519. The molecule has 2 rings (SSSR count). The molecule has 0 aliphatic rings. The molecule has 21 heavy (non-hydrogen) atoms. The van der Waals surface area contributed by atoms with Gasteiger partial charge in [-0.1, -0.05) is 11.3 Å². The third-order valence-electron chi connectivity index (χ3n) is 2.69. The standard InChI is InChI=1S/C13H14N4O4/c1-3-21-13(19)10-11(14)17(16-15-10)9-6-4-5-8(7-9)12(18)20-2/h4-7H,3,14H2,1-2H3. The van der Waals surface area contributed by atoms with E-state index in [1.807, 2.05) is 0 Å². The molecule has 2 N–H and O–H groups in total. The molecule has 1 aromatic heterocycles. The molecule has 1 aromatic carbocycles. The molecule has 0 aliphatic carbocycles. The zero-order valence-corrected chi connectivity index (χ0v) is 11.6. The van der Waals surface area contributed by atoms with Gasteiger partial charge in [0, 0.05) is 0 Å². The van der Waals surface area contributed by atoms with Gasteiger partial charge in [-0.05, 0) is 25.1 Å². The maximum atomic E-state index is 11.6. The van der Waals surface area contributed by atoms with Crippen LogP contribution in [0.4, 0.5) is 5.82 Å². The Morgan fingerprint density at radius 1 is 1.33 bits per heavy atom. The summed E-state index contributed by atoms with van der Waals surface area (Å²) in [6.45, 7) is 1.89. The molecule has 0 spiro atoms. The number of benzene rings is 1. The molecule has 0 bridgehead atoms. The molecule has 1 heterocycles. The number of nitrogens with two attached hydrogens (primary N) is 1. The van der Waals surface area contributed by atoms with Gasteiger partial charge in [0.1, 0.15) is 0 Å². The number of ether oxygens (including phenoxy) is 2. The Kier molecular flexibility index (Phi) is 4.17. The van der Waals surface area contributed by atoms with Crippen LogP contribution in [0.5, 0.6) is 0 Å². The highest BCUT2D eigenvalue weighted by Crippen LogP contribution is 2.17. The fraction of sp³-hybridized carbons (Fsp3) is 0.231. The van der Waals surface area contributed by atoms with Gasteiger partial charge in [-0.25, -0.2) is 9.59 Å². The van der Waals surface area contributed by atoms with Crippen molar-refractivity contribution in [3.8, 4) is 5.69 Å². The number of hydrogen-bond donors (Lipinski definition) is 1. The van der Waals surface area contributed by atoms with Gasteiger partial charge in [-0.15, -0.1) is 5.10 Å². The largest absolute Gasteiger partial charge is 0.465 e. The number of aromatic nitrogens is 3. The van der Waals surface area contributed by atoms with Gasteiger partial charge in [-0.2, -0.15) is 4.68 Å². The average Bonchev–Trinajstić information content (AvgIpc) is 2.88. The van der Waals surface area contributed by atoms with Crippen molar-refractivity contribution in [1.29, 1.82) is 0 Å². The van der Waals surface area contributed by atoms with Crippen molar-refractivity contribution in [2.75, 3.05) is 19.5 Å². The molecule has 0 saturated heterocycles. The molecular weight excluding hydrogens is 276 g/mol. The van der Waals surface area contributed by atoms with Gasteiger partial charge in [0.2, 0.25) is 5.69 Å². The summed E-state index contributed by atoms with van der Waals surface area (Å²) in [5.74, 6) is -1.10. The molecule has 0 aliphatic heterocycles. The SMILES string of the molecule is CCOC(=O)c1nnn(-c2cccc(C(=O)OC)c2)c1N. The second-order valence-electron chi connectivity index (χ2n) is 4.00. The molecule has 0 atom stereocenters. The van der Waals surface area contributed by atoms with E-state index in [4.69, 9.17) is 10.5 Å². The minimum atomic E-state index is -0.648. The number of carbonyl (C=O) groups excluding carboxylic acids is 2. The molecule has 0 saturated carbocycles. The first-order valence-corrected chi connectivity index (χ1v) is 6.15. The Morgan fingerprint density at radius 2 is 2.10 bits per heavy atom. The van der Waals surface area contributed by atoms with E-state index in [0.29, 0.717) is 11.3 Å². The van der Waals surface area contributed by atoms with Crippen molar-refractivity contribution in [1.82, 2.24) is 15.0 Å². The predicted molar refractivity (Wildman–Crippen MR) is 73.1 cm³/mol. The van der Waals surface area contributed by atoms with Crippen molar-refractivity contribution < 1.29 is 19.1 Å². The minimum absolute atomic E-state index is 0.0375. The van der Waals surface area contributed by atoms with E-state index < -0.39 is 11.9 Å². The molecule has 0 amide bonds. The van der Waals surface area contributed by atoms with Crippen LogP contribution >= 0.6 is 0 Å². The summed E-state index contributed by atoms with van der Waals surface area (Å²) >= 11 is 0. The van der Waals surface area contributed by atoms with Crippen LogP contribution in [0.15, 0.2) is 24.3 Å². The summed E-state index contributed by atoms with van der Waals surface area (Å²) in [4.78, 5) is 23.1. The topological polar surface area (TPSA) is 109 Å². The Labute approximate surface area is 120 Å². The smallest absolute Gasteiger partial charge is 0.362 e. The van der Waals surface area contributed by atoms with E-state index in [-0.39, 0.29) is 18.1 Å². The summed E-state index contributed by atoms with van der Waals surface area (Å²) in [7, 11) is 1.29. The maximum absolute atomic E-state index is 11.6. The van der Waals surface area contributed by atoms with Crippen LogP contribution in [0, 0.1) is 0 Å². The third kappa shape index (κ3) is 2.83. The van der Waals surface area contributed by atoms with Crippen LogP contribution in [0.2, 0.25) is 0 Å². The first-order chi connectivity index (χ1) is 10.1. The normalized spacial score (nSPS) is 10.2. The van der Waals surface area contributed by atoms with E-state index in [1.165, 1.54) is 17.9 Å². The lowest BCUT2D eigenvalue weighted by atomic mass is 10.2. The fourth-order valence-corrected chi connectivity index (χ4v) is 1.71. The average molecular weight is 290 g/mol. The van der Waals surface area contributed by atoms with Crippen LogP contribution in [0.25, 0.3) is 5.69 Å². The quantitative estimate of drug-likeness (QED) is 0.830. The molecule has 0 radical (unpaired) electrons. The molecule has 8 heteroatoms. The van der Waals surface area contributed by atoms with Gasteiger partial charge >= 0.3 is 11.9 Å². The van der Waals surface area contributed by atoms with Crippen molar-refractivity contribution in [3.05, 3.63) is 35.5 Å². The monoisotopic (exact) mass is 290 g/mol. The van der Waals surface area contributed by atoms with Gasteiger partial charge < -0.3 is 15.2 Å². The zero-order valence-electron chi connectivity index (χ0n) is 11.6. The van der Waals surface area contributed by atoms with Crippen LogP contribution in [-0.2, 0) is 9.47 Å². The summed E-state index contributed by atoms with van der Waals surface area (Å²) < 4.78 is 10.7. The summed E-state index contributed by atoms with van der Waals surface area (Å²) in [6.07, 6.45) is 0. The van der Waals surface area contributed by atoms with Crippen molar-refractivity contribution in [2.24, 2.45) is 0 Å². The Hall–Kier alpha value is -2.90. The number of rotatable bonds is 4. The number of hydrogen-bond acceptors (Lipinski definition) is 7. The Balaban J connectivity index is 2.39. The molecular formula is C13H14N4O4. The van der Waals surface area contributed by atoms with Crippen molar-refractivity contribution >= 4 is 17.8 Å². The van der Waals surface area contributed by atoms with Crippen LogP contribution in [0.3, 0.4) is 0 Å². The first kappa shape index (κ1) is 14.5. The minimum Gasteiger partial charge on any atom is -0.465 e. The van der Waals surface area contributed by atoms with Crippen molar-refractivity contribution in [2.45, 2.75) is 6.92 Å². The number of nitrogen functional groups attached to an aromatic ring is 1. The Bertz CT molecular complexity index is 681. The van der Waals surface area contributed by atoms with Crippen LogP contribution < -0.4 is 5.73 Å². The molecule has 2 aromatic rings. The lowest BCUT2D eigenvalue weighted by Gasteiger charge is -2.05. The lowest BCUT2D eigenvalue weighted by Crippen LogP contribution is -2.10. The molecule has 0 unspecified atom stereocenters. The van der Waals surface area contributed by atoms with Gasteiger partial charge in [-0.3, -0.25) is 0 Å². The second kappa shape index (κ2) is 6.04. The summed E-state index contributed by atoms with van der Waals surface area (Å²) in [5.41, 5.74) is 6.60. The number of methoxy groups -OCH3 is 1. The predicted octanol–water partition coefficient (Wildman–Crippen LogP) is 0.813. The van der Waals surface area contributed by atoms with Crippen LogP contribution in [-0.4, -0.2) is 40.6 Å². The zero-order chi connectivity index (χ0) is 15.4. The second-order valence-corrected chi connectivity index (χ2v) is 4.00. The van der Waals surface area contributed by atoms with Gasteiger partial charge in [0.05, 0.1) is 25.0 Å². The van der Waals surface area contributed by atoms with E-state index in [9.17, 15) is 9.59 Å². The van der Waals surface area contributed by atoms with E-state index in [1.54, 1.807) is 25.1 Å². The van der Waals surface area contributed by atoms with E-state index >= 15 is 0 Å². The number of anilines is 1.